The highest BCUT2D eigenvalue weighted by Gasteiger charge is 2.44. The van der Waals surface area contributed by atoms with Crippen LogP contribution in [0.2, 0.25) is 0 Å². The van der Waals surface area contributed by atoms with Crippen LogP contribution in [0.25, 0.3) is 0 Å². The lowest BCUT2D eigenvalue weighted by Gasteiger charge is -2.10. The number of para-hydroxylation sites is 1. The molecule has 6 heteroatoms. The fourth-order valence-corrected chi connectivity index (χ4v) is 1.37. The van der Waals surface area contributed by atoms with E-state index in [1.807, 2.05) is 0 Å². The van der Waals surface area contributed by atoms with Gasteiger partial charge in [0.25, 0.3) is 0 Å². The van der Waals surface area contributed by atoms with Gasteiger partial charge >= 0.3 is 6.29 Å². The predicted molar refractivity (Wildman–Crippen MR) is 45.5 cm³/mol. The summed E-state index contributed by atoms with van der Waals surface area (Å²) in [5.41, 5.74) is 5.57. The number of nitrogens with two attached hydrogens (primary N) is 1. The lowest BCUT2D eigenvalue weighted by atomic mass is 10.1. The predicted octanol–water partition coefficient (Wildman–Crippen LogP) is 1.98. The Morgan fingerprint density at radius 1 is 1.33 bits per heavy atom. The smallest absolute Gasteiger partial charge is 0.395 e. The summed E-state index contributed by atoms with van der Waals surface area (Å²) in [5.74, 6) is -0.311. The van der Waals surface area contributed by atoms with Crippen molar-refractivity contribution in [2.24, 2.45) is 5.73 Å². The average Bonchev–Trinajstić information content (AvgIpc) is 2.49. The van der Waals surface area contributed by atoms with E-state index in [1.165, 1.54) is 18.2 Å². The molecule has 0 radical (unpaired) electrons. The number of rotatable bonds is 2. The van der Waals surface area contributed by atoms with Crippen LogP contribution < -0.4 is 15.2 Å². The number of benzene rings is 1. The molecule has 0 unspecified atom stereocenters. The van der Waals surface area contributed by atoms with Gasteiger partial charge in [0.15, 0.2) is 11.5 Å². The maximum atomic E-state index is 12.7. The molecule has 1 heterocycles. The van der Waals surface area contributed by atoms with Gasteiger partial charge in [0.2, 0.25) is 0 Å². The Hall–Kier alpha value is -1.43. The van der Waals surface area contributed by atoms with Gasteiger partial charge in [-0.05, 0) is 6.07 Å². The largest absolute Gasteiger partial charge is 0.586 e. The summed E-state index contributed by atoms with van der Waals surface area (Å²) in [6.07, 6.45) is -3.70. The van der Waals surface area contributed by atoms with Crippen LogP contribution in [0, 0.1) is 0 Å². The molecule has 15 heavy (non-hydrogen) atoms. The summed E-state index contributed by atoms with van der Waals surface area (Å²) in [5, 5.41) is 0. The second kappa shape index (κ2) is 3.30. The Bertz CT molecular complexity index is 384. The lowest BCUT2D eigenvalue weighted by Crippen LogP contribution is -2.26. The zero-order valence-electron chi connectivity index (χ0n) is 7.54. The van der Waals surface area contributed by atoms with Crippen LogP contribution in [0.5, 0.6) is 11.5 Å². The Labute approximate surface area is 83.6 Å². The normalized spacial score (nSPS) is 18.9. The Morgan fingerprint density at radius 3 is 2.73 bits per heavy atom. The number of alkyl halides is 3. The molecule has 0 spiro atoms. The van der Waals surface area contributed by atoms with Gasteiger partial charge in [-0.15, -0.1) is 8.78 Å². The molecule has 0 aromatic heterocycles. The topological polar surface area (TPSA) is 44.5 Å². The molecule has 0 fully saturated rings. The van der Waals surface area contributed by atoms with Crippen LogP contribution >= 0.6 is 0 Å². The Kier molecular flexibility index (Phi) is 2.22. The monoisotopic (exact) mass is 219 g/mol. The molecule has 0 saturated carbocycles. The van der Waals surface area contributed by atoms with Gasteiger partial charge in [-0.2, -0.15) is 0 Å². The summed E-state index contributed by atoms with van der Waals surface area (Å²) in [4.78, 5) is 0. The van der Waals surface area contributed by atoms with E-state index in [4.69, 9.17) is 5.73 Å². The van der Waals surface area contributed by atoms with Gasteiger partial charge < -0.3 is 15.2 Å². The Morgan fingerprint density at radius 2 is 2.07 bits per heavy atom. The van der Waals surface area contributed by atoms with E-state index in [1.54, 1.807) is 0 Å². The molecule has 0 amide bonds. The number of halogens is 3. The van der Waals surface area contributed by atoms with Crippen molar-refractivity contribution in [3.05, 3.63) is 23.8 Å². The SMILES string of the molecule is N[C@H](CF)c1cccc2c1OC(F)(F)O2. The van der Waals surface area contributed by atoms with Crippen molar-refractivity contribution in [1.82, 2.24) is 0 Å². The molecular weight excluding hydrogens is 211 g/mol. The van der Waals surface area contributed by atoms with E-state index in [0.29, 0.717) is 0 Å². The van der Waals surface area contributed by atoms with Crippen molar-refractivity contribution >= 4 is 0 Å². The fraction of sp³-hybridized carbons (Fsp3) is 0.333. The van der Waals surface area contributed by atoms with Gasteiger partial charge in [0, 0.05) is 5.56 Å². The maximum Gasteiger partial charge on any atom is 0.586 e. The first-order valence-electron chi connectivity index (χ1n) is 4.24. The van der Waals surface area contributed by atoms with E-state index < -0.39 is 19.0 Å². The van der Waals surface area contributed by atoms with Gasteiger partial charge in [-0.3, -0.25) is 0 Å². The second-order valence-electron chi connectivity index (χ2n) is 3.10. The minimum absolute atomic E-state index is 0.124. The van der Waals surface area contributed by atoms with Crippen LogP contribution in [0.1, 0.15) is 11.6 Å². The first kappa shape index (κ1) is 10.1. The first-order valence-corrected chi connectivity index (χ1v) is 4.24. The van der Waals surface area contributed by atoms with Gasteiger partial charge in [0.05, 0.1) is 6.04 Å². The molecule has 1 aromatic carbocycles. The molecule has 1 aliphatic rings. The molecule has 0 saturated heterocycles. The van der Waals surface area contributed by atoms with Crippen LogP contribution in [-0.2, 0) is 0 Å². The highest BCUT2D eigenvalue weighted by atomic mass is 19.3. The summed E-state index contributed by atoms with van der Waals surface area (Å²) < 4.78 is 46.2. The van der Waals surface area contributed by atoms with E-state index in [2.05, 4.69) is 9.47 Å². The third kappa shape index (κ3) is 1.72. The second-order valence-corrected chi connectivity index (χ2v) is 3.10. The van der Waals surface area contributed by atoms with Gasteiger partial charge in [-0.25, -0.2) is 4.39 Å². The molecule has 2 N–H and O–H groups in total. The van der Waals surface area contributed by atoms with Crippen LogP contribution in [-0.4, -0.2) is 13.0 Å². The zero-order chi connectivity index (χ0) is 11.1. The number of fused-ring (bicyclic) bond motifs is 1. The molecule has 1 aliphatic heterocycles. The molecule has 1 atom stereocenters. The van der Waals surface area contributed by atoms with Crippen molar-refractivity contribution in [3.8, 4) is 11.5 Å². The van der Waals surface area contributed by atoms with Crippen molar-refractivity contribution in [1.29, 1.82) is 0 Å². The van der Waals surface area contributed by atoms with Crippen molar-refractivity contribution in [3.63, 3.8) is 0 Å². The summed E-state index contributed by atoms with van der Waals surface area (Å²) in [6.45, 7) is -0.856. The number of ether oxygens (including phenoxy) is 2. The lowest BCUT2D eigenvalue weighted by molar-refractivity contribution is -0.287. The van der Waals surface area contributed by atoms with Crippen LogP contribution in [0.3, 0.4) is 0 Å². The summed E-state index contributed by atoms with van der Waals surface area (Å²) in [6, 6.07) is 3.20. The summed E-state index contributed by atoms with van der Waals surface area (Å²) in [7, 11) is 0. The van der Waals surface area contributed by atoms with E-state index in [9.17, 15) is 13.2 Å². The van der Waals surface area contributed by atoms with Crippen molar-refractivity contribution in [2.75, 3.05) is 6.67 Å². The number of hydrogen-bond donors (Lipinski definition) is 1. The third-order valence-electron chi connectivity index (χ3n) is 2.02. The Balaban J connectivity index is 2.41. The van der Waals surface area contributed by atoms with Crippen LogP contribution in [0.15, 0.2) is 18.2 Å². The highest BCUT2D eigenvalue weighted by molar-refractivity contribution is 5.50. The molecule has 0 aliphatic carbocycles. The standard InChI is InChI=1S/C9H8F3NO2/c10-4-6(13)5-2-1-3-7-8(5)15-9(11,12)14-7/h1-3,6H,4,13H2/t6-/m1/s1. The minimum Gasteiger partial charge on any atom is -0.395 e. The molecule has 82 valence electrons. The molecular formula is C9H8F3NO2. The molecule has 0 bridgehead atoms. The van der Waals surface area contributed by atoms with Crippen molar-refractivity contribution < 1.29 is 22.6 Å². The maximum absolute atomic E-state index is 12.7. The van der Waals surface area contributed by atoms with E-state index in [0.717, 1.165) is 0 Å². The zero-order valence-corrected chi connectivity index (χ0v) is 7.54. The van der Waals surface area contributed by atoms with E-state index >= 15 is 0 Å². The minimum atomic E-state index is -3.70. The highest BCUT2D eigenvalue weighted by Crippen LogP contribution is 2.44. The quantitative estimate of drug-likeness (QED) is 0.827. The van der Waals surface area contributed by atoms with Gasteiger partial charge in [0.1, 0.15) is 6.67 Å². The third-order valence-corrected chi connectivity index (χ3v) is 2.02. The number of hydrogen-bond acceptors (Lipinski definition) is 3. The van der Waals surface area contributed by atoms with Crippen LogP contribution in [0.4, 0.5) is 13.2 Å². The van der Waals surface area contributed by atoms with E-state index in [-0.39, 0.29) is 17.1 Å². The van der Waals surface area contributed by atoms with Gasteiger partial charge in [-0.1, -0.05) is 12.1 Å². The summed E-state index contributed by atoms with van der Waals surface area (Å²) >= 11 is 0. The average molecular weight is 219 g/mol. The molecule has 1 aromatic rings. The first-order chi connectivity index (χ1) is 7.03. The molecule has 2 rings (SSSR count). The fourth-order valence-electron chi connectivity index (χ4n) is 1.37. The van der Waals surface area contributed by atoms with Crippen molar-refractivity contribution in [2.45, 2.75) is 12.3 Å². The molecule has 3 nitrogen and oxygen atoms in total.